The molecule has 0 aliphatic carbocycles. The number of aryl methyl sites for hydroxylation is 1. The van der Waals surface area contributed by atoms with Crippen LogP contribution in [0.3, 0.4) is 0 Å². The average molecular weight is 486 g/mol. The van der Waals surface area contributed by atoms with E-state index >= 15 is 0 Å². The largest absolute Gasteiger partial charge is 0.308 e. The highest BCUT2D eigenvalue weighted by molar-refractivity contribution is 8.00. The van der Waals surface area contributed by atoms with E-state index in [1.54, 1.807) is 37.4 Å². The second-order valence-electron chi connectivity index (χ2n) is 6.93. The van der Waals surface area contributed by atoms with Crippen LogP contribution >= 0.6 is 35.0 Å². The number of carbonyl (C=O) groups is 1. The minimum atomic E-state index is -0.619. The van der Waals surface area contributed by atoms with E-state index in [0.717, 1.165) is 17.3 Å². The summed E-state index contributed by atoms with van der Waals surface area (Å²) in [6, 6.07) is 12.2. The zero-order chi connectivity index (χ0) is 22.8. The zero-order valence-electron chi connectivity index (χ0n) is 17.0. The third kappa shape index (κ3) is 4.48. The third-order valence-electron chi connectivity index (χ3n) is 4.64. The lowest BCUT2D eigenvalue weighted by atomic mass is 10.2. The first kappa shape index (κ1) is 22.3. The summed E-state index contributed by atoms with van der Waals surface area (Å²) >= 11 is 13.1. The fraction of sp³-hybridized carbons (Fsp3) is 0.136. The van der Waals surface area contributed by atoms with Crippen LogP contribution in [0.15, 0.2) is 64.8 Å². The first-order chi connectivity index (χ1) is 15.3. The Morgan fingerprint density at radius 2 is 1.94 bits per heavy atom. The summed E-state index contributed by atoms with van der Waals surface area (Å²) in [6.45, 7) is 3.57. The highest BCUT2D eigenvalue weighted by atomic mass is 35.5. The molecule has 0 saturated carbocycles. The number of rotatable bonds is 5. The number of pyridine rings is 2. The minimum Gasteiger partial charge on any atom is -0.308 e. The van der Waals surface area contributed by atoms with Gasteiger partial charge in [-0.05, 0) is 43.7 Å². The van der Waals surface area contributed by atoms with Crippen molar-refractivity contribution in [1.29, 1.82) is 0 Å². The van der Waals surface area contributed by atoms with Gasteiger partial charge in [-0.25, -0.2) is 19.5 Å². The van der Waals surface area contributed by atoms with Crippen LogP contribution in [0.25, 0.3) is 16.7 Å². The van der Waals surface area contributed by atoms with Gasteiger partial charge in [-0.1, -0.05) is 53.2 Å². The lowest BCUT2D eigenvalue weighted by Crippen LogP contribution is -2.27. The van der Waals surface area contributed by atoms with Gasteiger partial charge in [-0.3, -0.25) is 9.59 Å². The number of carbonyl (C=O) groups excluding carboxylic acids is 1. The monoisotopic (exact) mass is 485 g/mol. The number of nitrogens with one attached hydrogen (secondary N) is 1. The Hall–Kier alpha value is -2.94. The summed E-state index contributed by atoms with van der Waals surface area (Å²) < 4.78 is 1.44. The molecule has 1 aromatic carbocycles. The number of amides is 1. The number of thioether (sulfide) groups is 1. The Bertz CT molecular complexity index is 1390. The summed E-state index contributed by atoms with van der Waals surface area (Å²) in [6.07, 6.45) is 3.01. The first-order valence-electron chi connectivity index (χ1n) is 9.57. The Kier molecular flexibility index (Phi) is 6.45. The Balaban J connectivity index is 1.73. The predicted molar refractivity (Wildman–Crippen MR) is 128 cm³/mol. The maximum atomic E-state index is 13.4. The molecule has 0 radical (unpaired) electrons. The lowest BCUT2D eigenvalue weighted by molar-refractivity contribution is -0.115. The van der Waals surface area contributed by atoms with E-state index in [2.05, 4.69) is 20.3 Å². The van der Waals surface area contributed by atoms with Gasteiger partial charge in [0, 0.05) is 12.4 Å². The van der Waals surface area contributed by atoms with Gasteiger partial charge in [-0.15, -0.1) is 0 Å². The molecular weight excluding hydrogens is 469 g/mol. The molecule has 0 spiro atoms. The van der Waals surface area contributed by atoms with E-state index in [1.807, 2.05) is 19.1 Å². The standard InChI is InChI=1S/C22H17Cl2N5O2S/c1-12-6-5-9-25-19(12)29-21(31)15-7-3-4-8-17(15)27-22(29)32-13(2)20(30)28-18-16(24)10-14(23)11-26-18/h3-11,13H,1-2H3,(H,26,28,30). The highest BCUT2D eigenvalue weighted by Gasteiger charge is 2.22. The molecule has 32 heavy (non-hydrogen) atoms. The van der Waals surface area contributed by atoms with Gasteiger partial charge in [0.15, 0.2) is 11.0 Å². The Morgan fingerprint density at radius 3 is 2.69 bits per heavy atom. The number of para-hydroxylation sites is 1. The number of benzene rings is 1. The molecule has 0 aliphatic heterocycles. The van der Waals surface area contributed by atoms with E-state index < -0.39 is 5.25 Å². The highest BCUT2D eigenvalue weighted by Crippen LogP contribution is 2.27. The molecule has 1 atom stereocenters. The van der Waals surface area contributed by atoms with Gasteiger partial charge in [0.1, 0.15) is 5.82 Å². The Morgan fingerprint density at radius 1 is 1.16 bits per heavy atom. The molecule has 4 rings (SSSR count). The van der Waals surface area contributed by atoms with Crippen LogP contribution in [0.1, 0.15) is 12.5 Å². The molecular formula is C22H17Cl2N5O2S. The number of hydrogen-bond donors (Lipinski definition) is 1. The third-order valence-corrected chi connectivity index (χ3v) is 6.19. The maximum Gasteiger partial charge on any atom is 0.267 e. The van der Waals surface area contributed by atoms with Gasteiger partial charge in [0.25, 0.3) is 5.56 Å². The lowest BCUT2D eigenvalue weighted by Gasteiger charge is -2.17. The normalized spacial score (nSPS) is 12.0. The van der Waals surface area contributed by atoms with Crippen LogP contribution in [0.2, 0.25) is 10.0 Å². The molecule has 3 aromatic heterocycles. The summed E-state index contributed by atoms with van der Waals surface area (Å²) in [7, 11) is 0. The number of nitrogens with zero attached hydrogens (tertiary/aromatic N) is 4. The van der Waals surface area contributed by atoms with Crippen molar-refractivity contribution >= 4 is 57.6 Å². The fourth-order valence-electron chi connectivity index (χ4n) is 3.03. The van der Waals surface area contributed by atoms with Crippen molar-refractivity contribution in [3.63, 3.8) is 0 Å². The van der Waals surface area contributed by atoms with Crippen LogP contribution < -0.4 is 10.9 Å². The average Bonchev–Trinajstić information content (AvgIpc) is 2.77. The first-order valence-corrected chi connectivity index (χ1v) is 11.2. The summed E-state index contributed by atoms with van der Waals surface area (Å²) in [4.78, 5) is 39.3. The molecule has 0 bridgehead atoms. The quantitative estimate of drug-likeness (QED) is 0.319. The maximum absolute atomic E-state index is 13.4. The SMILES string of the molecule is Cc1cccnc1-n1c(SC(C)C(=O)Nc2ncc(Cl)cc2Cl)nc2ccccc2c1=O. The van der Waals surface area contributed by atoms with Gasteiger partial charge in [-0.2, -0.15) is 0 Å². The van der Waals surface area contributed by atoms with Crippen molar-refractivity contribution in [1.82, 2.24) is 19.5 Å². The number of hydrogen-bond acceptors (Lipinski definition) is 6. The number of aromatic nitrogens is 4. The minimum absolute atomic E-state index is 0.206. The van der Waals surface area contributed by atoms with E-state index in [0.29, 0.717) is 26.9 Å². The predicted octanol–water partition coefficient (Wildman–Crippen LogP) is 4.91. The molecule has 0 fully saturated rings. The van der Waals surface area contributed by atoms with E-state index in [-0.39, 0.29) is 22.3 Å². The van der Waals surface area contributed by atoms with Crippen LogP contribution in [-0.2, 0) is 4.79 Å². The van der Waals surface area contributed by atoms with Crippen molar-refractivity contribution < 1.29 is 4.79 Å². The molecule has 1 N–H and O–H groups in total. The molecule has 162 valence electrons. The van der Waals surface area contributed by atoms with Crippen LogP contribution in [-0.4, -0.2) is 30.7 Å². The van der Waals surface area contributed by atoms with Crippen molar-refractivity contribution in [2.75, 3.05) is 5.32 Å². The molecule has 7 nitrogen and oxygen atoms in total. The molecule has 0 aliphatic rings. The van der Waals surface area contributed by atoms with Crippen molar-refractivity contribution in [3.8, 4) is 5.82 Å². The van der Waals surface area contributed by atoms with Crippen molar-refractivity contribution in [2.24, 2.45) is 0 Å². The molecule has 4 aromatic rings. The zero-order valence-corrected chi connectivity index (χ0v) is 19.4. The second-order valence-corrected chi connectivity index (χ2v) is 9.08. The second kappa shape index (κ2) is 9.28. The fourth-order valence-corrected chi connectivity index (χ4v) is 4.36. The summed E-state index contributed by atoms with van der Waals surface area (Å²) in [5, 5.41) is 3.49. The molecule has 10 heteroatoms. The van der Waals surface area contributed by atoms with Crippen LogP contribution in [0.4, 0.5) is 5.82 Å². The van der Waals surface area contributed by atoms with Gasteiger partial charge in [0.2, 0.25) is 5.91 Å². The van der Waals surface area contributed by atoms with Crippen molar-refractivity contribution in [3.05, 3.63) is 80.8 Å². The van der Waals surface area contributed by atoms with Gasteiger partial charge in [0.05, 0.1) is 26.2 Å². The van der Waals surface area contributed by atoms with E-state index in [4.69, 9.17) is 23.2 Å². The summed E-state index contributed by atoms with van der Waals surface area (Å²) in [5.41, 5.74) is 1.09. The molecule has 3 heterocycles. The topological polar surface area (TPSA) is 89.8 Å². The molecule has 1 unspecified atom stereocenters. The van der Waals surface area contributed by atoms with E-state index in [9.17, 15) is 9.59 Å². The molecule has 0 saturated heterocycles. The number of anilines is 1. The van der Waals surface area contributed by atoms with Crippen LogP contribution in [0, 0.1) is 6.92 Å². The molecule has 1 amide bonds. The van der Waals surface area contributed by atoms with Crippen LogP contribution in [0.5, 0.6) is 0 Å². The summed E-state index contributed by atoms with van der Waals surface area (Å²) in [5.74, 6) is 0.324. The van der Waals surface area contributed by atoms with Gasteiger partial charge < -0.3 is 5.32 Å². The smallest absolute Gasteiger partial charge is 0.267 e. The Labute approximate surface area is 197 Å². The number of halogens is 2. The van der Waals surface area contributed by atoms with Crippen molar-refractivity contribution in [2.45, 2.75) is 24.3 Å². The number of fused-ring (bicyclic) bond motifs is 1. The van der Waals surface area contributed by atoms with E-state index in [1.165, 1.54) is 16.8 Å². The van der Waals surface area contributed by atoms with Gasteiger partial charge >= 0.3 is 0 Å².